The van der Waals surface area contributed by atoms with E-state index in [-0.39, 0.29) is 5.91 Å². The second-order valence-electron chi connectivity index (χ2n) is 7.96. The minimum Gasteiger partial charge on any atom is -0.496 e. The molecule has 5 rings (SSSR count). The van der Waals surface area contributed by atoms with E-state index in [1.54, 1.807) is 30.4 Å². The number of hydrogen-bond acceptors (Lipinski definition) is 6. The fourth-order valence-corrected chi connectivity index (χ4v) is 5.00. The van der Waals surface area contributed by atoms with Crippen molar-refractivity contribution in [3.05, 3.63) is 82.8 Å². The van der Waals surface area contributed by atoms with Crippen LogP contribution >= 0.6 is 15.9 Å². The van der Waals surface area contributed by atoms with Crippen LogP contribution in [0.4, 0.5) is 11.4 Å². The van der Waals surface area contributed by atoms with Crippen molar-refractivity contribution in [1.82, 2.24) is 0 Å². The minimum absolute atomic E-state index is 0.340. The van der Waals surface area contributed by atoms with Gasteiger partial charge in [-0.1, -0.05) is 46.3 Å². The molecule has 0 saturated carbocycles. The standard InChI is InChI=1S/C26H23BrN2O5/c1-3-33-21-12-8-7-11-19(21)28-25(30)22-23(18-15-16(27)13-14-20(18)32-2)29(34-24(22)26(28)31)17-9-5-4-6-10-17/h4-15,22-24H,3H2,1-2H3/t22-,23+,24+/m1/s1. The van der Waals surface area contributed by atoms with Crippen LogP contribution in [0.25, 0.3) is 0 Å². The average molecular weight is 523 g/mol. The highest BCUT2D eigenvalue weighted by Gasteiger charge is 2.61. The number of nitrogens with zero attached hydrogens (tertiary/aromatic N) is 2. The molecule has 2 aliphatic heterocycles. The van der Waals surface area contributed by atoms with Crippen molar-refractivity contribution >= 4 is 39.1 Å². The Hall–Kier alpha value is -3.36. The van der Waals surface area contributed by atoms with Crippen LogP contribution in [0, 0.1) is 5.92 Å². The van der Waals surface area contributed by atoms with E-state index in [9.17, 15) is 9.59 Å². The van der Waals surface area contributed by atoms with Crippen molar-refractivity contribution in [3.8, 4) is 11.5 Å². The number of amides is 2. The van der Waals surface area contributed by atoms with Gasteiger partial charge in [0, 0.05) is 10.0 Å². The molecule has 0 N–H and O–H groups in total. The molecule has 7 nitrogen and oxygen atoms in total. The zero-order chi connectivity index (χ0) is 23.8. The summed E-state index contributed by atoms with van der Waals surface area (Å²) in [6.07, 6.45) is -0.976. The maximum Gasteiger partial charge on any atom is 0.266 e. The van der Waals surface area contributed by atoms with Gasteiger partial charge in [-0.25, -0.2) is 9.96 Å². The summed E-state index contributed by atoms with van der Waals surface area (Å²) >= 11 is 3.53. The number of rotatable bonds is 6. The molecule has 34 heavy (non-hydrogen) atoms. The van der Waals surface area contributed by atoms with Crippen LogP contribution in [0.5, 0.6) is 11.5 Å². The number of carbonyl (C=O) groups excluding carboxylic acids is 2. The van der Waals surface area contributed by atoms with Crippen molar-refractivity contribution in [1.29, 1.82) is 0 Å². The quantitative estimate of drug-likeness (QED) is 0.428. The third-order valence-corrected chi connectivity index (χ3v) is 6.54. The summed E-state index contributed by atoms with van der Waals surface area (Å²) < 4.78 is 12.2. The van der Waals surface area contributed by atoms with E-state index < -0.39 is 24.0 Å². The molecule has 0 radical (unpaired) electrons. The monoisotopic (exact) mass is 522 g/mol. The molecule has 3 aromatic rings. The number of hydrogen-bond donors (Lipinski definition) is 0. The highest BCUT2D eigenvalue weighted by Crippen LogP contribution is 2.50. The lowest BCUT2D eigenvalue weighted by molar-refractivity contribution is -0.126. The van der Waals surface area contributed by atoms with Gasteiger partial charge in [0.25, 0.3) is 5.91 Å². The van der Waals surface area contributed by atoms with E-state index in [1.807, 2.05) is 61.5 Å². The first-order valence-electron chi connectivity index (χ1n) is 11.0. The van der Waals surface area contributed by atoms with Crippen LogP contribution in [0.3, 0.4) is 0 Å². The van der Waals surface area contributed by atoms with Crippen molar-refractivity contribution in [3.63, 3.8) is 0 Å². The van der Waals surface area contributed by atoms with Gasteiger partial charge in [-0.05, 0) is 49.4 Å². The Morgan fingerprint density at radius 3 is 2.41 bits per heavy atom. The molecule has 2 aliphatic rings. The number of para-hydroxylation sites is 3. The number of fused-ring (bicyclic) bond motifs is 1. The van der Waals surface area contributed by atoms with Gasteiger partial charge < -0.3 is 9.47 Å². The maximum atomic E-state index is 13.9. The Morgan fingerprint density at radius 1 is 0.941 bits per heavy atom. The number of carbonyl (C=O) groups is 2. The van der Waals surface area contributed by atoms with Crippen molar-refractivity contribution in [2.24, 2.45) is 5.92 Å². The third kappa shape index (κ3) is 3.63. The van der Waals surface area contributed by atoms with Gasteiger partial charge in [-0.15, -0.1) is 0 Å². The maximum absolute atomic E-state index is 13.9. The van der Waals surface area contributed by atoms with Gasteiger partial charge in [-0.3, -0.25) is 14.4 Å². The molecule has 2 fully saturated rings. The first-order valence-corrected chi connectivity index (χ1v) is 11.8. The van der Waals surface area contributed by atoms with Gasteiger partial charge in [0.1, 0.15) is 17.4 Å². The van der Waals surface area contributed by atoms with Gasteiger partial charge in [0.2, 0.25) is 5.91 Å². The number of hydroxylamine groups is 1. The highest BCUT2D eigenvalue weighted by atomic mass is 79.9. The molecule has 2 amide bonds. The lowest BCUT2D eigenvalue weighted by Crippen LogP contribution is -2.37. The minimum atomic E-state index is -0.976. The normalized spacial score (nSPS) is 21.7. The Bertz CT molecular complexity index is 1230. The lowest BCUT2D eigenvalue weighted by atomic mass is 9.90. The zero-order valence-corrected chi connectivity index (χ0v) is 20.3. The Morgan fingerprint density at radius 2 is 1.68 bits per heavy atom. The van der Waals surface area contributed by atoms with E-state index in [0.29, 0.717) is 23.8 Å². The number of methoxy groups -OCH3 is 1. The molecule has 0 aromatic heterocycles. The van der Waals surface area contributed by atoms with E-state index in [4.69, 9.17) is 14.3 Å². The van der Waals surface area contributed by atoms with Gasteiger partial charge in [-0.2, -0.15) is 0 Å². The van der Waals surface area contributed by atoms with Crippen LogP contribution < -0.4 is 19.4 Å². The average Bonchev–Trinajstić information content (AvgIpc) is 3.36. The Labute approximate surface area is 205 Å². The molecular formula is C26H23BrN2O5. The molecule has 2 heterocycles. The number of ether oxygens (including phenoxy) is 2. The fraction of sp³-hybridized carbons (Fsp3) is 0.231. The SMILES string of the molecule is CCOc1ccccc1N1C(=O)[C@H]2[C@H](ON(c3ccccc3)[C@H]2c2cc(Br)ccc2OC)C1=O. The number of anilines is 2. The summed E-state index contributed by atoms with van der Waals surface area (Å²) in [4.78, 5) is 34.9. The summed E-state index contributed by atoms with van der Waals surface area (Å²) in [5, 5.41) is 1.65. The molecule has 2 saturated heterocycles. The molecular weight excluding hydrogens is 500 g/mol. The van der Waals surface area contributed by atoms with Crippen LogP contribution in [0.1, 0.15) is 18.5 Å². The molecule has 8 heteroatoms. The van der Waals surface area contributed by atoms with Crippen LogP contribution in [0.15, 0.2) is 77.3 Å². The predicted molar refractivity (Wildman–Crippen MR) is 131 cm³/mol. The predicted octanol–water partition coefficient (Wildman–Crippen LogP) is 4.91. The summed E-state index contributed by atoms with van der Waals surface area (Å²) in [7, 11) is 1.58. The van der Waals surface area contributed by atoms with Crippen LogP contribution in [0.2, 0.25) is 0 Å². The van der Waals surface area contributed by atoms with E-state index in [2.05, 4.69) is 15.9 Å². The molecule has 0 unspecified atom stereocenters. The van der Waals surface area contributed by atoms with Crippen LogP contribution in [-0.4, -0.2) is 31.6 Å². The molecule has 0 bridgehead atoms. The highest BCUT2D eigenvalue weighted by molar-refractivity contribution is 9.10. The second-order valence-corrected chi connectivity index (χ2v) is 8.87. The Balaban J connectivity index is 1.63. The van der Waals surface area contributed by atoms with Crippen molar-refractivity contribution in [2.45, 2.75) is 19.1 Å². The van der Waals surface area contributed by atoms with Crippen LogP contribution in [-0.2, 0) is 14.4 Å². The number of benzene rings is 3. The number of halogens is 1. The summed E-state index contributed by atoms with van der Waals surface area (Å²) in [6.45, 7) is 2.27. The smallest absolute Gasteiger partial charge is 0.266 e. The van der Waals surface area contributed by atoms with E-state index >= 15 is 0 Å². The zero-order valence-electron chi connectivity index (χ0n) is 18.7. The Kier molecular flexibility index (Phi) is 6.02. The summed E-state index contributed by atoms with van der Waals surface area (Å²) in [5.41, 5.74) is 1.91. The van der Waals surface area contributed by atoms with Gasteiger partial charge >= 0.3 is 0 Å². The molecule has 0 aliphatic carbocycles. The van der Waals surface area contributed by atoms with E-state index in [1.165, 1.54) is 4.90 Å². The summed E-state index contributed by atoms with van der Waals surface area (Å²) in [5.74, 6) is -0.451. The fourth-order valence-electron chi connectivity index (χ4n) is 4.62. The lowest BCUT2D eigenvalue weighted by Gasteiger charge is -2.30. The topological polar surface area (TPSA) is 68.3 Å². The molecule has 174 valence electrons. The second kappa shape index (κ2) is 9.12. The van der Waals surface area contributed by atoms with Crippen molar-refractivity contribution in [2.75, 3.05) is 23.7 Å². The van der Waals surface area contributed by atoms with Gasteiger partial charge in [0.15, 0.2) is 6.10 Å². The molecule has 3 aromatic carbocycles. The summed E-state index contributed by atoms with van der Waals surface area (Å²) in [6, 6.07) is 21.5. The van der Waals surface area contributed by atoms with Crippen molar-refractivity contribution < 1.29 is 23.9 Å². The largest absolute Gasteiger partial charge is 0.496 e. The first-order chi connectivity index (χ1) is 16.5. The third-order valence-electron chi connectivity index (χ3n) is 6.04. The van der Waals surface area contributed by atoms with Gasteiger partial charge in [0.05, 0.1) is 31.1 Å². The number of imide groups is 1. The molecule has 0 spiro atoms. The first kappa shape index (κ1) is 22.4. The molecule has 3 atom stereocenters. The van der Waals surface area contributed by atoms with E-state index in [0.717, 1.165) is 15.7 Å².